The van der Waals surface area contributed by atoms with Gasteiger partial charge < -0.3 is 10.0 Å². The van der Waals surface area contributed by atoms with Crippen molar-refractivity contribution in [3.63, 3.8) is 0 Å². The molecule has 68 valence electrons. The molecule has 1 amide bonds. The fourth-order valence-electron chi connectivity index (χ4n) is 2.39. The Kier molecular flexibility index (Phi) is 1.65. The Balaban J connectivity index is 2.26. The van der Waals surface area contributed by atoms with E-state index in [0.29, 0.717) is 12.8 Å². The highest BCUT2D eigenvalue weighted by Crippen LogP contribution is 2.39. The molecule has 2 rings (SSSR count). The van der Waals surface area contributed by atoms with Crippen LogP contribution in [0.1, 0.15) is 32.6 Å². The summed E-state index contributed by atoms with van der Waals surface area (Å²) in [6.07, 6.45) is 3.24. The lowest BCUT2D eigenvalue weighted by atomic mass is 9.87. The first kappa shape index (κ1) is 8.05. The highest BCUT2D eigenvalue weighted by atomic mass is 16.3. The van der Waals surface area contributed by atoms with E-state index in [1.807, 2.05) is 6.92 Å². The molecule has 0 aromatic carbocycles. The third-order valence-electron chi connectivity index (χ3n) is 3.28. The first-order valence-electron chi connectivity index (χ1n) is 4.67. The molecule has 12 heavy (non-hydrogen) atoms. The Bertz CT molecular complexity index is 217. The zero-order valence-corrected chi connectivity index (χ0v) is 7.42. The Labute approximate surface area is 72.4 Å². The molecule has 2 aliphatic rings. The van der Waals surface area contributed by atoms with Gasteiger partial charge in [0.05, 0.1) is 0 Å². The number of fused-ring (bicyclic) bond motifs is 1. The van der Waals surface area contributed by atoms with Gasteiger partial charge in [-0.15, -0.1) is 0 Å². The predicted octanol–water partition coefficient (Wildman–Crippen LogP) is 0.727. The van der Waals surface area contributed by atoms with Crippen LogP contribution in [-0.2, 0) is 4.79 Å². The molecule has 0 radical (unpaired) electrons. The lowest BCUT2D eigenvalue weighted by Gasteiger charge is -2.42. The molecule has 0 spiro atoms. The molecule has 2 aliphatic heterocycles. The van der Waals surface area contributed by atoms with Gasteiger partial charge >= 0.3 is 0 Å². The molecule has 2 saturated heterocycles. The summed E-state index contributed by atoms with van der Waals surface area (Å²) < 4.78 is 0. The van der Waals surface area contributed by atoms with Crippen molar-refractivity contribution in [1.82, 2.24) is 4.90 Å². The molecule has 3 heteroatoms. The summed E-state index contributed by atoms with van der Waals surface area (Å²) in [5.74, 6) is 0.377. The number of amides is 1. The molecule has 2 heterocycles. The van der Waals surface area contributed by atoms with Crippen molar-refractivity contribution in [1.29, 1.82) is 0 Å². The van der Waals surface area contributed by atoms with Gasteiger partial charge in [-0.3, -0.25) is 4.79 Å². The second-order valence-electron chi connectivity index (χ2n) is 3.97. The number of nitrogens with zero attached hydrogens (tertiary/aromatic N) is 1. The Hall–Kier alpha value is -0.570. The lowest BCUT2D eigenvalue weighted by molar-refractivity contribution is -0.164. The Morgan fingerprint density at radius 3 is 3.08 bits per heavy atom. The number of piperidine rings is 1. The molecule has 0 aromatic rings. The third-order valence-corrected chi connectivity index (χ3v) is 3.28. The van der Waals surface area contributed by atoms with Gasteiger partial charge in [0.15, 0.2) is 0 Å². The maximum atomic E-state index is 11.3. The van der Waals surface area contributed by atoms with Crippen molar-refractivity contribution in [2.45, 2.75) is 38.3 Å². The topological polar surface area (TPSA) is 40.5 Å². The standard InChI is InChI=1S/C9H15NO2/c1-7-3-2-6-10-8(11)4-5-9(7,10)12/h7,12H,2-6H2,1H3/t7-,9-/m0/s1. The highest BCUT2D eigenvalue weighted by molar-refractivity contribution is 5.79. The summed E-state index contributed by atoms with van der Waals surface area (Å²) in [5, 5.41) is 10.2. The van der Waals surface area contributed by atoms with E-state index in [2.05, 4.69) is 0 Å². The molecule has 0 aliphatic carbocycles. The van der Waals surface area contributed by atoms with Gasteiger partial charge in [0.2, 0.25) is 5.91 Å². The minimum atomic E-state index is -0.796. The molecular weight excluding hydrogens is 154 g/mol. The zero-order valence-electron chi connectivity index (χ0n) is 7.42. The molecule has 0 aromatic heterocycles. The average Bonchev–Trinajstić information content (AvgIpc) is 2.33. The van der Waals surface area contributed by atoms with Crippen molar-refractivity contribution in [3.05, 3.63) is 0 Å². The normalized spacial score (nSPS) is 41.7. The molecular formula is C9H15NO2. The summed E-state index contributed by atoms with van der Waals surface area (Å²) in [7, 11) is 0. The van der Waals surface area contributed by atoms with E-state index < -0.39 is 5.72 Å². The molecule has 1 N–H and O–H groups in total. The fourth-order valence-corrected chi connectivity index (χ4v) is 2.39. The van der Waals surface area contributed by atoms with Crippen LogP contribution in [0.4, 0.5) is 0 Å². The summed E-state index contributed by atoms with van der Waals surface area (Å²) in [6, 6.07) is 0. The largest absolute Gasteiger partial charge is 0.370 e. The SMILES string of the molecule is C[C@H]1CCCN2C(=O)CC[C@]12O. The molecule has 0 saturated carbocycles. The Morgan fingerprint density at radius 1 is 1.67 bits per heavy atom. The number of rotatable bonds is 0. The fraction of sp³-hybridized carbons (Fsp3) is 0.889. The minimum absolute atomic E-state index is 0.129. The van der Waals surface area contributed by atoms with E-state index in [9.17, 15) is 9.90 Å². The van der Waals surface area contributed by atoms with Gasteiger partial charge in [-0.25, -0.2) is 0 Å². The monoisotopic (exact) mass is 169 g/mol. The first-order chi connectivity index (χ1) is 5.64. The van der Waals surface area contributed by atoms with Crippen LogP contribution in [0, 0.1) is 5.92 Å². The van der Waals surface area contributed by atoms with Crippen LogP contribution in [-0.4, -0.2) is 28.2 Å². The van der Waals surface area contributed by atoms with E-state index >= 15 is 0 Å². The molecule has 0 bridgehead atoms. The van der Waals surface area contributed by atoms with E-state index in [0.717, 1.165) is 19.4 Å². The van der Waals surface area contributed by atoms with E-state index in [1.54, 1.807) is 4.90 Å². The van der Waals surface area contributed by atoms with Crippen LogP contribution in [0.3, 0.4) is 0 Å². The van der Waals surface area contributed by atoms with Crippen LogP contribution >= 0.6 is 0 Å². The number of hydrogen-bond acceptors (Lipinski definition) is 2. The Morgan fingerprint density at radius 2 is 2.42 bits per heavy atom. The average molecular weight is 169 g/mol. The van der Waals surface area contributed by atoms with Crippen molar-refractivity contribution in [3.8, 4) is 0 Å². The number of hydrogen-bond donors (Lipinski definition) is 1. The maximum Gasteiger partial charge on any atom is 0.225 e. The highest BCUT2D eigenvalue weighted by Gasteiger charge is 2.49. The second kappa shape index (κ2) is 2.46. The first-order valence-corrected chi connectivity index (χ1v) is 4.67. The number of aliphatic hydroxyl groups is 1. The number of carbonyl (C=O) groups excluding carboxylic acids is 1. The predicted molar refractivity (Wildman–Crippen MR) is 44.3 cm³/mol. The van der Waals surface area contributed by atoms with Gasteiger partial charge in [0, 0.05) is 25.3 Å². The summed E-state index contributed by atoms with van der Waals surface area (Å²) in [6.45, 7) is 2.78. The molecule has 2 atom stereocenters. The molecule has 2 fully saturated rings. The summed E-state index contributed by atoms with van der Waals surface area (Å²) in [4.78, 5) is 13.0. The van der Waals surface area contributed by atoms with Crippen molar-refractivity contribution >= 4 is 5.91 Å². The van der Waals surface area contributed by atoms with Crippen molar-refractivity contribution < 1.29 is 9.90 Å². The van der Waals surface area contributed by atoms with Gasteiger partial charge in [0.1, 0.15) is 5.72 Å². The second-order valence-corrected chi connectivity index (χ2v) is 3.97. The molecule has 3 nitrogen and oxygen atoms in total. The van der Waals surface area contributed by atoms with Gasteiger partial charge in [-0.2, -0.15) is 0 Å². The van der Waals surface area contributed by atoms with Crippen LogP contribution < -0.4 is 0 Å². The lowest BCUT2D eigenvalue weighted by Crippen LogP contribution is -2.53. The summed E-state index contributed by atoms with van der Waals surface area (Å²) in [5.41, 5.74) is -0.796. The van der Waals surface area contributed by atoms with Crippen LogP contribution in [0.5, 0.6) is 0 Å². The molecule has 0 unspecified atom stereocenters. The number of carbonyl (C=O) groups is 1. The van der Waals surface area contributed by atoms with Crippen LogP contribution in [0.2, 0.25) is 0 Å². The quantitative estimate of drug-likeness (QED) is 0.580. The third kappa shape index (κ3) is 0.891. The summed E-state index contributed by atoms with van der Waals surface area (Å²) >= 11 is 0. The van der Waals surface area contributed by atoms with Crippen molar-refractivity contribution in [2.24, 2.45) is 5.92 Å². The van der Waals surface area contributed by atoms with E-state index in [-0.39, 0.29) is 11.8 Å². The zero-order chi connectivity index (χ0) is 8.77. The van der Waals surface area contributed by atoms with Crippen LogP contribution in [0.25, 0.3) is 0 Å². The maximum absolute atomic E-state index is 11.3. The smallest absolute Gasteiger partial charge is 0.225 e. The van der Waals surface area contributed by atoms with E-state index in [4.69, 9.17) is 0 Å². The van der Waals surface area contributed by atoms with Crippen molar-refractivity contribution in [2.75, 3.05) is 6.54 Å². The van der Waals surface area contributed by atoms with Gasteiger partial charge in [-0.1, -0.05) is 6.92 Å². The van der Waals surface area contributed by atoms with Gasteiger partial charge in [-0.05, 0) is 12.8 Å². The van der Waals surface area contributed by atoms with E-state index in [1.165, 1.54) is 0 Å². The van der Waals surface area contributed by atoms with Gasteiger partial charge in [0.25, 0.3) is 0 Å². The van der Waals surface area contributed by atoms with Crippen LogP contribution in [0.15, 0.2) is 0 Å². The minimum Gasteiger partial charge on any atom is -0.370 e.